The first-order valence-corrected chi connectivity index (χ1v) is 7.36. The largest absolute Gasteiger partial charge is 0.365 e. The molecule has 1 aliphatic carbocycles. The monoisotopic (exact) mass is 254 g/mol. The van der Waals surface area contributed by atoms with Crippen LogP contribution in [0.3, 0.4) is 0 Å². The smallest absolute Gasteiger partial charge is 0.251 e. The van der Waals surface area contributed by atoms with Crippen molar-refractivity contribution in [3.63, 3.8) is 0 Å². The molecule has 1 heterocycles. The Bertz CT molecular complexity index is 275. The molecule has 104 valence electrons. The van der Waals surface area contributed by atoms with Gasteiger partial charge < -0.3 is 15.4 Å². The molecule has 1 saturated carbocycles. The van der Waals surface area contributed by atoms with Crippen LogP contribution in [0.15, 0.2) is 0 Å². The van der Waals surface area contributed by atoms with Crippen molar-refractivity contribution in [1.29, 1.82) is 0 Å². The zero-order valence-corrected chi connectivity index (χ0v) is 11.4. The van der Waals surface area contributed by atoms with Crippen molar-refractivity contribution < 1.29 is 9.53 Å². The Kier molecular flexibility index (Phi) is 5.01. The third-order valence-corrected chi connectivity index (χ3v) is 4.09. The Morgan fingerprint density at radius 2 is 1.89 bits per heavy atom. The summed E-state index contributed by atoms with van der Waals surface area (Å²) in [6, 6.07) is 0.260. The minimum atomic E-state index is -0.307. The second kappa shape index (κ2) is 6.53. The maximum absolute atomic E-state index is 12.3. The van der Waals surface area contributed by atoms with Crippen LogP contribution in [0.25, 0.3) is 0 Å². The van der Waals surface area contributed by atoms with Gasteiger partial charge in [0.25, 0.3) is 5.91 Å². The molecule has 4 nitrogen and oxygen atoms in total. The number of likely N-dealkylation sites (tertiary alicyclic amines) is 1. The van der Waals surface area contributed by atoms with E-state index in [4.69, 9.17) is 10.5 Å². The van der Waals surface area contributed by atoms with Crippen LogP contribution in [0, 0.1) is 0 Å². The summed E-state index contributed by atoms with van der Waals surface area (Å²) in [5.41, 5.74) is 5.87. The second-order valence-corrected chi connectivity index (χ2v) is 5.71. The van der Waals surface area contributed by atoms with Gasteiger partial charge in [-0.3, -0.25) is 4.79 Å². The third-order valence-electron chi connectivity index (χ3n) is 4.09. The quantitative estimate of drug-likeness (QED) is 0.833. The number of amides is 1. The molecule has 4 heteroatoms. The molecule has 0 aromatic heterocycles. The minimum Gasteiger partial charge on any atom is -0.365 e. The molecule has 0 spiro atoms. The summed E-state index contributed by atoms with van der Waals surface area (Å²) >= 11 is 0. The van der Waals surface area contributed by atoms with Gasteiger partial charge in [0.2, 0.25) is 0 Å². The molecular weight excluding hydrogens is 228 g/mol. The number of hydrogen-bond acceptors (Lipinski definition) is 3. The Labute approximate surface area is 110 Å². The molecule has 2 fully saturated rings. The summed E-state index contributed by atoms with van der Waals surface area (Å²) in [4.78, 5) is 14.3. The van der Waals surface area contributed by atoms with Gasteiger partial charge in [-0.15, -0.1) is 0 Å². The molecule has 2 aliphatic rings. The summed E-state index contributed by atoms with van der Waals surface area (Å²) in [5, 5.41) is 0. The van der Waals surface area contributed by atoms with Crippen molar-refractivity contribution in [2.24, 2.45) is 5.73 Å². The first kappa shape index (κ1) is 13.8. The van der Waals surface area contributed by atoms with Crippen LogP contribution in [0.5, 0.6) is 0 Å². The van der Waals surface area contributed by atoms with Crippen molar-refractivity contribution >= 4 is 5.91 Å². The average Bonchev–Trinajstić information content (AvgIpc) is 2.62. The Hall–Kier alpha value is -0.610. The molecule has 1 aliphatic heterocycles. The molecule has 0 aromatic rings. The molecule has 2 N–H and O–H groups in total. The van der Waals surface area contributed by atoms with Crippen molar-refractivity contribution in [1.82, 2.24) is 4.90 Å². The van der Waals surface area contributed by atoms with E-state index in [1.165, 1.54) is 12.8 Å². The van der Waals surface area contributed by atoms with E-state index in [0.717, 1.165) is 45.2 Å². The van der Waals surface area contributed by atoms with Gasteiger partial charge in [-0.05, 0) is 39.0 Å². The van der Waals surface area contributed by atoms with Gasteiger partial charge in [0.05, 0.1) is 6.10 Å². The predicted octanol–water partition coefficient (Wildman–Crippen LogP) is 1.67. The molecule has 0 radical (unpaired) electrons. The van der Waals surface area contributed by atoms with Crippen LogP contribution in [-0.2, 0) is 9.53 Å². The maximum Gasteiger partial charge on any atom is 0.251 e. The van der Waals surface area contributed by atoms with Crippen molar-refractivity contribution in [3.8, 4) is 0 Å². The Morgan fingerprint density at radius 1 is 1.22 bits per heavy atom. The van der Waals surface area contributed by atoms with E-state index in [0.29, 0.717) is 0 Å². The highest BCUT2D eigenvalue weighted by Crippen LogP contribution is 2.22. The maximum atomic E-state index is 12.3. The van der Waals surface area contributed by atoms with Crippen LogP contribution in [0.1, 0.15) is 51.9 Å². The fourth-order valence-electron chi connectivity index (χ4n) is 2.99. The predicted molar refractivity (Wildman–Crippen MR) is 71.2 cm³/mol. The lowest BCUT2D eigenvalue weighted by atomic mass is 10.2. The van der Waals surface area contributed by atoms with Crippen LogP contribution in [-0.4, -0.2) is 42.1 Å². The number of hydrogen-bond donors (Lipinski definition) is 1. The first-order valence-electron chi connectivity index (χ1n) is 7.36. The fourth-order valence-corrected chi connectivity index (χ4v) is 2.99. The molecule has 3 unspecified atom stereocenters. The van der Waals surface area contributed by atoms with Gasteiger partial charge in [0.15, 0.2) is 0 Å². The fraction of sp³-hybridized carbons (Fsp3) is 0.929. The van der Waals surface area contributed by atoms with Gasteiger partial charge in [-0.2, -0.15) is 0 Å². The Morgan fingerprint density at radius 3 is 2.44 bits per heavy atom. The van der Waals surface area contributed by atoms with Crippen LogP contribution in [0.2, 0.25) is 0 Å². The summed E-state index contributed by atoms with van der Waals surface area (Å²) in [6.45, 7) is 3.69. The molecular formula is C14H26N2O2. The van der Waals surface area contributed by atoms with E-state index in [-0.39, 0.29) is 24.2 Å². The molecule has 3 atom stereocenters. The number of carbonyl (C=O) groups excluding carboxylic acids is 1. The Balaban J connectivity index is 1.80. The minimum absolute atomic E-state index is 0.164. The van der Waals surface area contributed by atoms with E-state index in [2.05, 4.69) is 0 Å². The molecule has 18 heavy (non-hydrogen) atoms. The average molecular weight is 254 g/mol. The van der Waals surface area contributed by atoms with Gasteiger partial charge in [-0.1, -0.05) is 12.8 Å². The van der Waals surface area contributed by atoms with Crippen LogP contribution < -0.4 is 5.73 Å². The number of nitrogens with zero attached hydrogens (tertiary/aromatic N) is 1. The highest BCUT2D eigenvalue weighted by molar-refractivity contribution is 5.80. The summed E-state index contributed by atoms with van der Waals surface area (Å²) in [6.07, 6.45) is 7.56. The van der Waals surface area contributed by atoms with Crippen LogP contribution >= 0.6 is 0 Å². The van der Waals surface area contributed by atoms with Gasteiger partial charge in [-0.25, -0.2) is 0 Å². The zero-order valence-electron chi connectivity index (χ0n) is 11.4. The summed E-state index contributed by atoms with van der Waals surface area (Å²) < 4.78 is 5.87. The molecule has 0 aromatic carbocycles. The van der Waals surface area contributed by atoms with Crippen LogP contribution in [0.4, 0.5) is 0 Å². The van der Waals surface area contributed by atoms with Crippen molar-refractivity contribution in [2.45, 2.75) is 70.1 Å². The first-order chi connectivity index (χ1) is 8.66. The van der Waals surface area contributed by atoms with E-state index >= 15 is 0 Å². The lowest BCUT2D eigenvalue weighted by molar-refractivity contribution is -0.146. The van der Waals surface area contributed by atoms with Crippen molar-refractivity contribution in [3.05, 3.63) is 0 Å². The van der Waals surface area contributed by atoms with Crippen molar-refractivity contribution in [2.75, 3.05) is 13.1 Å². The number of rotatable bonds is 3. The van der Waals surface area contributed by atoms with E-state index in [1.54, 1.807) is 0 Å². The SMILES string of the molecule is CC(OC1CCC(N)C1)C(=O)N1CCCCCC1. The number of nitrogens with two attached hydrogens (primary N) is 1. The lowest BCUT2D eigenvalue weighted by Crippen LogP contribution is -2.41. The number of carbonyl (C=O) groups is 1. The normalized spacial score (nSPS) is 31.1. The molecule has 1 saturated heterocycles. The van der Waals surface area contributed by atoms with Gasteiger partial charge >= 0.3 is 0 Å². The topological polar surface area (TPSA) is 55.6 Å². The molecule has 0 bridgehead atoms. The van der Waals surface area contributed by atoms with E-state index < -0.39 is 0 Å². The van der Waals surface area contributed by atoms with Gasteiger partial charge in [0, 0.05) is 19.1 Å². The van der Waals surface area contributed by atoms with Gasteiger partial charge in [0.1, 0.15) is 6.10 Å². The zero-order chi connectivity index (χ0) is 13.0. The highest BCUT2D eigenvalue weighted by Gasteiger charge is 2.28. The molecule has 1 amide bonds. The summed E-state index contributed by atoms with van der Waals surface area (Å²) in [5.74, 6) is 0.164. The summed E-state index contributed by atoms with van der Waals surface area (Å²) in [7, 11) is 0. The second-order valence-electron chi connectivity index (χ2n) is 5.71. The molecule has 2 rings (SSSR count). The van der Waals surface area contributed by atoms with E-state index in [1.807, 2.05) is 11.8 Å². The third kappa shape index (κ3) is 3.69. The number of ether oxygens (including phenoxy) is 1. The van der Waals surface area contributed by atoms with E-state index in [9.17, 15) is 4.79 Å². The highest BCUT2D eigenvalue weighted by atomic mass is 16.5. The lowest BCUT2D eigenvalue weighted by Gasteiger charge is -2.26. The standard InChI is InChI=1S/C14H26N2O2/c1-11(18-13-7-6-12(15)10-13)14(17)16-8-4-2-3-5-9-16/h11-13H,2-10,15H2,1H3.